The zero-order valence-corrected chi connectivity index (χ0v) is 13.6. The van der Waals surface area contributed by atoms with Gasteiger partial charge >= 0.3 is 0 Å². The van der Waals surface area contributed by atoms with Gasteiger partial charge in [0.15, 0.2) is 11.5 Å². The third-order valence-corrected chi connectivity index (χ3v) is 3.61. The van der Waals surface area contributed by atoms with Gasteiger partial charge in [-0.05, 0) is 49.7 Å². The summed E-state index contributed by atoms with van der Waals surface area (Å²) < 4.78 is 0. The summed E-state index contributed by atoms with van der Waals surface area (Å²) in [5.41, 5.74) is 4.15. The zero-order valence-electron chi connectivity index (χ0n) is 13.6. The molecule has 120 valence electrons. The topological polar surface area (TPSA) is 66.9 Å². The molecule has 0 fully saturated rings. The SMILES string of the molecule is Cc1ccc(Nc2ccc(C(=O)Nc3ccccc3C)nn2)cc1. The van der Waals surface area contributed by atoms with Crippen molar-refractivity contribution in [2.24, 2.45) is 0 Å². The minimum absolute atomic E-state index is 0.271. The second-order valence-corrected chi connectivity index (χ2v) is 5.56. The Morgan fingerprint density at radius 2 is 1.62 bits per heavy atom. The predicted molar refractivity (Wildman–Crippen MR) is 95.6 cm³/mol. The predicted octanol–water partition coefficient (Wildman–Crippen LogP) is 4.09. The number of hydrogen-bond donors (Lipinski definition) is 2. The van der Waals surface area contributed by atoms with Gasteiger partial charge in [0.2, 0.25) is 0 Å². The number of carbonyl (C=O) groups excluding carboxylic acids is 1. The van der Waals surface area contributed by atoms with E-state index in [1.165, 1.54) is 5.56 Å². The highest BCUT2D eigenvalue weighted by Gasteiger charge is 2.10. The fraction of sp³-hybridized carbons (Fsp3) is 0.105. The highest BCUT2D eigenvalue weighted by molar-refractivity contribution is 6.03. The molecule has 3 rings (SSSR count). The van der Waals surface area contributed by atoms with E-state index >= 15 is 0 Å². The minimum Gasteiger partial charge on any atom is -0.339 e. The Bertz CT molecular complexity index is 842. The second-order valence-electron chi connectivity index (χ2n) is 5.56. The van der Waals surface area contributed by atoms with Crippen LogP contribution in [0, 0.1) is 13.8 Å². The van der Waals surface area contributed by atoms with Crippen molar-refractivity contribution in [3.8, 4) is 0 Å². The Morgan fingerprint density at radius 1 is 0.875 bits per heavy atom. The van der Waals surface area contributed by atoms with Crippen LogP contribution in [-0.4, -0.2) is 16.1 Å². The fourth-order valence-corrected chi connectivity index (χ4v) is 2.20. The van der Waals surface area contributed by atoms with Gasteiger partial charge in [0.25, 0.3) is 5.91 Å². The first-order valence-electron chi connectivity index (χ1n) is 7.66. The maximum absolute atomic E-state index is 12.2. The van der Waals surface area contributed by atoms with Crippen LogP contribution in [-0.2, 0) is 0 Å². The van der Waals surface area contributed by atoms with Gasteiger partial charge in [-0.1, -0.05) is 35.9 Å². The van der Waals surface area contributed by atoms with Crippen LogP contribution in [0.2, 0.25) is 0 Å². The normalized spacial score (nSPS) is 10.2. The van der Waals surface area contributed by atoms with Crippen LogP contribution in [0.1, 0.15) is 21.6 Å². The lowest BCUT2D eigenvalue weighted by Gasteiger charge is -2.08. The van der Waals surface area contributed by atoms with Gasteiger partial charge < -0.3 is 10.6 Å². The Hall–Kier alpha value is -3.21. The van der Waals surface area contributed by atoms with Crippen LogP contribution in [0.3, 0.4) is 0 Å². The first-order valence-corrected chi connectivity index (χ1v) is 7.66. The van der Waals surface area contributed by atoms with Crippen molar-refractivity contribution >= 4 is 23.1 Å². The van der Waals surface area contributed by atoms with Gasteiger partial charge in [-0.25, -0.2) is 0 Å². The molecule has 0 bridgehead atoms. The number of anilines is 3. The molecule has 2 N–H and O–H groups in total. The largest absolute Gasteiger partial charge is 0.339 e. The maximum Gasteiger partial charge on any atom is 0.276 e. The molecule has 0 saturated heterocycles. The summed E-state index contributed by atoms with van der Waals surface area (Å²) in [4.78, 5) is 12.2. The number of nitrogens with one attached hydrogen (secondary N) is 2. The molecule has 2 aromatic carbocycles. The van der Waals surface area contributed by atoms with Crippen molar-refractivity contribution < 1.29 is 4.79 Å². The summed E-state index contributed by atoms with van der Waals surface area (Å²) in [7, 11) is 0. The molecule has 0 aliphatic carbocycles. The quantitative estimate of drug-likeness (QED) is 0.760. The van der Waals surface area contributed by atoms with E-state index in [4.69, 9.17) is 0 Å². The fourth-order valence-electron chi connectivity index (χ4n) is 2.20. The standard InChI is InChI=1S/C19H18N4O/c1-13-7-9-15(10-8-13)20-18-12-11-17(22-23-18)19(24)21-16-6-4-3-5-14(16)2/h3-12H,1-2H3,(H,20,23)(H,21,24). The molecule has 0 unspecified atom stereocenters. The van der Waals surface area contributed by atoms with Gasteiger partial charge in [0, 0.05) is 11.4 Å². The van der Waals surface area contributed by atoms with E-state index in [2.05, 4.69) is 20.8 Å². The molecule has 5 nitrogen and oxygen atoms in total. The average Bonchev–Trinajstić information content (AvgIpc) is 2.59. The molecule has 24 heavy (non-hydrogen) atoms. The number of aryl methyl sites for hydroxylation is 2. The number of rotatable bonds is 4. The van der Waals surface area contributed by atoms with E-state index in [1.54, 1.807) is 12.1 Å². The van der Waals surface area contributed by atoms with E-state index < -0.39 is 0 Å². The van der Waals surface area contributed by atoms with Crippen molar-refractivity contribution in [2.45, 2.75) is 13.8 Å². The first kappa shape index (κ1) is 15.7. The summed E-state index contributed by atoms with van der Waals surface area (Å²) in [6.07, 6.45) is 0. The van der Waals surface area contributed by atoms with Crippen molar-refractivity contribution in [3.05, 3.63) is 77.5 Å². The molecular formula is C19H18N4O. The van der Waals surface area contributed by atoms with E-state index in [9.17, 15) is 4.79 Å². The molecule has 0 saturated carbocycles. The van der Waals surface area contributed by atoms with Crippen LogP contribution in [0.25, 0.3) is 0 Å². The monoisotopic (exact) mass is 318 g/mol. The van der Waals surface area contributed by atoms with Gasteiger partial charge in [-0.3, -0.25) is 4.79 Å². The van der Waals surface area contributed by atoms with Crippen LogP contribution in [0.15, 0.2) is 60.7 Å². The second kappa shape index (κ2) is 6.91. The summed E-state index contributed by atoms with van der Waals surface area (Å²) >= 11 is 0. The molecule has 3 aromatic rings. The molecule has 1 heterocycles. The highest BCUT2D eigenvalue weighted by atomic mass is 16.1. The number of para-hydroxylation sites is 1. The Labute approximate surface area is 140 Å². The van der Waals surface area contributed by atoms with Gasteiger partial charge in [0.1, 0.15) is 0 Å². The van der Waals surface area contributed by atoms with Gasteiger partial charge in [-0.15, -0.1) is 10.2 Å². The molecule has 0 atom stereocenters. The number of aromatic nitrogens is 2. The Morgan fingerprint density at radius 3 is 2.29 bits per heavy atom. The molecule has 0 aliphatic heterocycles. The third-order valence-electron chi connectivity index (χ3n) is 3.61. The third kappa shape index (κ3) is 3.76. The number of benzene rings is 2. The number of carbonyl (C=O) groups is 1. The van der Waals surface area contributed by atoms with Crippen molar-refractivity contribution in [2.75, 3.05) is 10.6 Å². The molecule has 1 aromatic heterocycles. The number of hydrogen-bond acceptors (Lipinski definition) is 4. The molecule has 0 radical (unpaired) electrons. The van der Waals surface area contributed by atoms with E-state index in [0.29, 0.717) is 5.82 Å². The maximum atomic E-state index is 12.2. The van der Waals surface area contributed by atoms with Gasteiger partial charge in [0.05, 0.1) is 0 Å². The lowest BCUT2D eigenvalue weighted by atomic mass is 10.2. The highest BCUT2D eigenvalue weighted by Crippen LogP contribution is 2.16. The lowest BCUT2D eigenvalue weighted by molar-refractivity contribution is 0.102. The number of nitrogens with zero attached hydrogens (tertiary/aromatic N) is 2. The van der Waals surface area contributed by atoms with Crippen molar-refractivity contribution in [1.29, 1.82) is 0 Å². The molecule has 5 heteroatoms. The van der Waals surface area contributed by atoms with E-state index in [-0.39, 0.29) is 11.6 Å². The van der Waals surface area contributed by atoms with Crippen LogP contribution in [0.5, 0.6) is 0 Å². The minimum atomic E-state index is -0.279. The van der Waals surface area contributed by atoms with Crippen molar-refractivity contribution in [1.82, 2.24) is 10.2 Å². The number of amides is 1. The molecule has 1 amide bonds. The zero-order chi connectivity index (χ0) is 16.9. The average molecular weight is 318 g/mol. The molecule has 0 spiro atoms. The van der Waals surface area contributed by atoms with Crippen LogP contribution < -0.4 is 10.6 Å². The summed E-state index contributed by atoms with van der Waals surface area (Å²) in [5.74, 6) is 0.310. The summed E-state index contributed by atoms with van der Waals surface area (Å²) in [6, 6.07) is 18.9. The summed E-state index contributed by atoms with van der Waals surface area (Å²) in [5, 5.41) is 14.0. The molecular weight excluding hydrogens is 300 g/mol. The Kier molecular flexibility index (Phi) is 4.52. The van der Waals surface area contributed by atoms with Crippen molar-refractivity contribution in [3.63, 3.8) is 0 Å². The smallest absolute Gasteiger partial charge is 0.276 e. The van der Waals surface area contributed by atoms with Gasteiger partial charge in [-0.2, -0.15) is 0 Å². The first-order chi connectivity index (χ1) is 11.6. The lowest BCUT2D eigenvalue weighted by Crippen LogP contribution is -2.15. The van der Waals surface area contributed by atoms with Crippen LogP contribution >= 0.6 is 0 Å². The summed E-state index contributed by atoms with van der Waals surface area (Å²) in [6.45, 7) is 3.97. The van der Waals surface area contributed by atoms with Crippen LogP contribution in [0.4, 0.5) is 17.2 Å². The van der Waals surface area contributed by atoms with E-state index in [1.807, 2.05) is 62.4 Å². The van der Waals surface area contributed by atoms with E-state index in [0.717, 1.165) is 16.9 Å². The Balaban J connectivity index is 1.68. The molecule has 0 aliphatic rings.